The summed E-state index contributed by atoms with van der Waals surface area (Å²) in [6, 6.07) is 0.536. The number of anilines is 1. The van der Waals surface area contributed by atoms with E-state index in [0.29, 0.717) is 11.2 Å². The molecule has 1 aromatic heterocycles. The monoisotopic (exact) mass is 197 g/mol. The SMILES string of the molecule is Clc1nccnc1NC1CCCC1. The van der Waals surface area contributed by atoms with Crippen LogP contribution in [0.2, 0.25) is 5.15 Å². The fourth-order valence-corrected chi connectivity index (χ4v) is 1.84. The van der Waals surface area contributed by atoms with Crippen molar-refractivity contribution in [1.82, 2.24) is 9.97 Å². The minimum Gasteiger partial charge on any atom is -0.365 e. The molecular weight excluding hydrogens is 186 g/mol. The average molecular weight is 198 g/mol. The molecule has 0 aliphatic heterocycles. The highest BCUT2D eigenvalue weighted by Gasteiger charge is 2.16. The van der Waals surface area contributed by atoms with Crippen LogP contribution in [0.25, 0.3) is 0 Å². The Morgan fingerprint density at radius 2 is 1.92 bits per heavy atom. The van der Waals surface area contributed by atoms with Crippen LogP contribution in [-0.4, -0.2) is 16.0 Å². The van der Waals surface area contributed by atoms with Gasteiger partial charge in [0.1, 0.15) is 0 Å². The number of rotatable bonds is 2. The molecule has 0 radical (unpaired) electrons. The van der Waals surface area contributed by atoms with Gasteiger partial charge in [0, 0.05) is 18.4 Å². The smallest absolute Gasteiger partial charge is 0.171 e. The van der Waals surface area contributed by atoms with Crippen LogP contribution in [0.1, 0.15) is 25.7 Å². The van der Waals surface area contributed by atoms with Gasteiger partial charge in [0.05, 0.1) is 0 Å². The molecule has 1 saturated carbocycles. The molecule has 1 heterocycles. The summed E-state index contributed by atoms with van der Waals surface area (Å²) in [7, 11) is 0. The molecule has 1 N–H and O–H groups in total. The first kappa shape index (κ1) is 8.75. The van der Waals surface area contributed by atoms with Crippen molar-refractivity contribution in [3.8, 4) is 0 Å². The Bertz CT molecular complexity index is 284. The second-order valence-corrected chi connectivity index (χ2v) is 3.68. The third-order valence-corrected chi connectivity index (χ3v) is 2.63. The van der Waals surface area contributed by atoms with Gasteiger partial charge < -0.3 is 5.32 Å². The summed E-state index contributed by atoms with van der Waals surface area (Å²) in [4.78, 5) is 8.10. The number of aromatic nitrogens is 2. The molecule has 1 aliphatic rings. The summed E-state index contributed by atoms with van der Waals surface area (Å²) in [5.74, 6) is 0.719. The van der Waals surface area contributed by atoms with E-state index in [4.69, 9.17) is 11.6 Å². The van der Waals surface area contributed by atoms with Gasteiger partial charge in [-0.1, -0.05) is 24.4 Å². The molecule has 70 valence electrons. The van der Waals surface area contributed by atoms with E-state index >= 15 is 0 Å². The van der Waals surface area contributed by atoms with Gasteiger partial charge in [0.2, 0.25) is 0 Å². The Labute approximate surface area is 82.5 Å². The molecule has 13 heavy (non-hydrogen) atoms. The minimum atomic E-state index is 0.467. The summed E-state index contributed by atoms with van der Waals surface area (Å²) in [5.41, 5.74) is 0. The zero-order valence-corrected chi connectivity index (χ0v) is 8.09. The molecule has 0 atom stereocenters. The third-order valence-electron chi connectivity index (χ3n) is 2.35. The average Bonchev–Trinajstić information content (AvgIpc) is 2.61. The number of hydrogen-bond acceptors (Lipinski definition) is 3. The van der Waals surface area contributed by atoms with Crippen molar-refractivity contribution in [2.75, 3.05) is 5.32 Å². The maximum atomic E-state index is 5.87. The molecule has 2 rings (SSSR count). The molecule has 1 aliphatic carbocycles. The highest BCUT2D eigenvalue weighted by atomic mass is 35.5. The molecule has 3 nitrogen and oxygen atoms in total. The minimum absolute atomic E-state index is 0.467. The summed E-state index contributed by atoms with van der Waals surface area (Å²) in [6.45, 7) is 0. The fourth-order valence-electron chi connectivity index (χ4n) is 1.68. The van der Waals surface area contributed by atoms with Crippen LogP contribution in [0.3, 0.4) is 0 Å². The third kappa shape index (κ3) is 2.10. The molecule has 0 unspecified atom stereocenters. The lowest BCUT2D eigenvalue weighted by Crippen LogP contribution is -2.15. The largest absolute Gasteiger partial charge is 0.365 e. The topological polar surface area (TPSA) is 37.8 Å². The highest BCUT2D eigenvalue weighted by Crippen LogP contribution is 2.23. The molecule has 0 spiro atoms. The molecule has 1 fully saturated rings. The van der Waals surface area contributed by atoms with E-state index in [2.05, 4.69) is 15.3 Å². The fraction of sp³-hybridized carbons (Fsp3) is 0.556. The molecule has 0 saturated heterocycles. The van der Waals surface area contributed by atoms with E-state index in [9.17, 15) is 0 Å². The van der Waals surface area contributed by atoms with Crippen molar-refractivity contribution >= 4 is 17.4 Å². The van der Waals surface area contributed by atoms with Crippen molar-refractivity contribution in [1.29, 1.82) is 0 Å². The summed E-state index contributed by atoms with van der Waals surface area (Å²) >= 11 is 5.87. The lowest BCUT2D eigenvalue weighted by molar-refractivity contribution is 0.749. The zero-order chi connectivity index (χ0) is 9.10. The van der Waals surface area contributed by atoms with E-state index in [1.54, 1.807) is 12.4 Å². The van der Waals surface area contributed by atoms with E-state index in [1.807, 2.05) is 0 Å². The van der Waals surface area contributed by atoms with Crippen molar-refractivity contribution in [3.63, 3.8) is 0 Å². The summed E-state index contributed by atoms with van der Waals surface area (Å²) < 4.78 is 0. The highest BCUT2D eigenvalue weighted by molar-refractivity contribution is 6.31. The van der Waals surface area contributed by atoms with Crippen molar-refractivity contribution in [3.05, 3.63) is 17.5 Å². The van der Waals surface area contributed by atoms with Gasteiger partial charge in [0.15, 0.2) is 11.0 Å². The maximum Gasteiger partial charge on any atom is 0.171 e. The van der Waals surface area contributed by atoms with E-state index in [0.717, 1.165) is 5.82 Å². The van der Waals surface area contributed by atoms with Crippen LogP contribution < -0.4 is 5.32 Å². The van der Waals surface area contributed by atoms with Crippen molar-refractivity contribution in [2.24, 2.45) is 0 Å². The first-order chi connectivity index (χ1) is 6.36. The first-order valence-electron chi connectivity index (χ1n) is 4.59. The van der Waals surface area contributed by atoms with Crippen LogP contribution in [-0.2, 0) is 0 Å². The molecule has 1 aromatic rings. The second kappa shape index (κ2) is 3.92. The van der Waals surface area contributed by atoms with Crippen molar-refractivity contribution in [2.45, 2.75) is 31.7 Å². The van der Waals surface area contributed by atoms with E-state index < -0.39 is 0 Å². The lowest BCUT2D eigenvalue weighted by atomic mass is 10.2. The molecule has 0 amide bonds. The van der Waals surface area contributed by atoms with Gasteiger partial charge in [-0.25, -0.2) is 9.97 Å². The Morgan fingerprint density at radius 3 is 2.62 bits per heavy atom. The van der Waals surface area contributed by atoms with Gasteiger partial charge in [-0.2, -0.15) is 0 Å². The second-order valence-electron chi connectivity index (χ2n) is 3.32. The lowest BCUT2D eigenvalue weighted by Gasteiger charge is -2.12. The summed E-state index contributed by atoms with van der Waals surface area (Å²) in [5, 5.41) is 3.77. The number of halogens is 1. The van der Waals surface area contributed by atoms with Crippen LogP contribution in [0.15, 0.2) is 12.4 Å². The van der Waals surface area contributed by atoms with Crippen LogP contribution in [0.5, 0.6) is 0 Å². The zero-order valence-electron chi connectivity index (χ0n) is 7.33. The first-order valence-corrected chi connectivity index (χ1v) is 4.97. The van der Waals surface area contributed by atoms with Crippen LogP contribution in [0.4, 0.5) is 5.82 Å². The Morgan fingerprint density at radius 1 is 1.23 bits per heavy atom. The maximum absolute atomic E-state index is 5.87. The predicted molar refractivity (Wildman–Crippen MR) is 52.9 cm³/mol. The van der Waals surface area contributed by atoms with E-state index in [-0.39, 0.29) is 0 Å². The standard InChI is InChI=1S/C9H12ClN3/c10-8-9(12-6-5-11-8)13-7-3-1-2-4-7/h5-7H,1-4H2,(H,12,13). The van der Waals surface area contributed by atoms with Gasteiger partial charge in [-0.05, 0) is 12.8 Å². The van der Waals surface area contributed by atoms with Gasteiger partial charge in [-0.15, -0.1) is 0 Å². The van der Waals surface area contributed by atoms with Crippen molar-refractivity contribution < 1.29 is 0 Å². The number of nitrogens with zero attached hydrogens (tertiary/aromatic N) is 2. The Kier molecular flexibility index (Phi) is 2.64. The molecular formula is C9H12ClN3. The molecule has 0 bridgehead atoms. The predicted octanol–water partition coefficient (Wildman–Crippen LogP) is 2.48. The number of hydrogen-bond donors (Lipinski definition) is 1. The van der Waals surface area contributed by atoms with Gasteiger partial charge in [-0.3, -0.25) is 0 Å². The Balaban J connectivity index is 2.04. The van der Waals surface area contributed by atoms with Crippen LogP contribution >= 0.6 is 11.6 Å². The van der Waals surface area contributed by atoms with Crippen LogP contribution in [0, 0.1) is 0 Å². The van der Waals surface area contributed by atoms with Gasteiger partial charge >= 0.3 is 0 Å². The van der Waals surface area contributed by atoms with Gasteiger partial charge in [0.25, 0.3) is 0 Å². The van der Waals surface area contributed by atoms with E-state index in [1.165, 1.54) is 25.7 Å². The molecule has 4 heteroatoms. The Hall–Kier alpha value is -0.830. The quantitative estimate of drug-likeness (QED) is 0.792. The molecule has 0 aromatic carbocycles. The normalized spacial score (nSPS) is 17.6. The summed E-state index contributed by atoms with van der Waals surface area (Å²) in [6.07, 6.45) is 8.29. The number of nitrogens with one attached hydrogen (secondary N) is 1.